The van der Waals surface area contributed by atoms with E-state index in [1.807, 2.05) is 25.0 Å². The van der Waals surface area contributed by atoms with Gasteiger partial charge < -0.3 is 95.7 Å². The topological polar surface area (TPSA) is 573 Å². The first kappa shape index (κ1) is 92.8. The predicted octanol–water partition coefficient (Wildman–Crippen LogP) is -3.58. The van der Waals surface area contributed by atoms with E-state index in [1.54, 1.807) is 59.0 Å². The summed E-state index contributed by atoms with van der Waals surface area (Å²) >= 11 is 1.45. The zero-order chi connectivity index (χ0) is 82.6. The number of nitrogens with two attached hydrogens (primary N) is 3. The number of hydrogen-bond donors (Lipinski definition) is 18. The Morgan fingerprint density at radius 2 is 1.08 bits per heavy atom. The van der Waals surface area contributed by atoms with Crippen molar-refractivity contribution in [1.82, 2.24) is 87.7 Å². The average Bonchev–Trinajstić information content (AvgIpc) is 1.54. The fourth-order valence-corrected chi connectivity index (χ4v) is 13.6. The molecule has 12 amide bonds. The van der Waals surface area contributed by atoms with E-state index < -0.39 is 156 Å². The van der Waals surface area contributed by atoms with Crippen molar-refractivity contribution in [2.45, 2.75) is 166 Å². The summed E-state index contributed by atoms with van der Waals surface area (Å²) in [6.07, 6.45) is 8.41. The molecule has 1 saturated heterocycles. The van der Waals surface area contributed by atoms with Crippen molar-refractivity contribution in [2.75, 3.05) is 110 Å². The summed E-state index contributed by atoms with van der Waals surface area (Å²) in [7, 11) is 0. The zero-order valence-corrected chi connectivity index (χ0v) is 65.6. The molecule has 39 heteroatoms. The van der Waals surface area contributed by atoms with Gasteiger partial charge in [0.05, 0.1) is 39.1 Å². The van der Waals surface area contributed by atoms with Crippen molar-refractivity contribution >= 4 is 111 Å². The number of unbranched alkanes of at least 4 members (excludes halogenated alkanes) is 1. The molecule has 8 atom stereocenters. The van der Waals surface area contributed by atoms with Crippen molar-refractivity contribution in [3.05, 3.63) is 54.2 Å². The van der Waals surface area contributed by atoms with Crippen molar-refractivity contribution in [1.29, 1.82) is 0 Å². The highest BCUT2D eigenvalue weighted by Gasteiger charge is 2.37. The summed E-state index contributed by atoms with van der Waals surface area (Å²) in [5.41, 5.74) is 18.7. The van der Waals surface area contributed by atoms with Gasteiger partial charge in [0.1, 0.15) is 48.3 Å². The number of carboxylic acids is 3. The van der Waals surface area contributed by atoms with Gasteiger partial charge in [-0.05, 0) is 119 Å². The molecule has 3 aromatic rings. The number of nitrogens with one attached hydrogen (secondary N) is 12. The molecular weight excluding hydrogens is 1480 g/mol. The molecule has 2 fully saturated rings. The van der Waals surface area contributed by atoms with Gasteiger partial charge in [-0.15, -0.1) is 0 Å². The third-order valence-corrected chi connectivity index (χ3v) is 20.1. The fourth-order valence-electron chi connectivity index (χ4n) is 13.1. The third kappa shape index (κ3) is 33.6. The number of imidazole rings is 1. The second-order valence-electron chi connectivity index (χ2n) is 29.4. The van der Waals surface area contributed by atoms with Crippen molar-refractivity contribution in [3.8, 4) is 0 Å². The first-order valence-corrected chi connectivity index (χ1v) is 39.4. The highest BCUT2D eigenvalue weighted by Crippen LogP contribution is 2.29. The monoisotopic (exact) mass is 1590 g/mol. The summed E-state index contributed by atoms with van der Waals surface area (Å²) in [5.74, 6) is -12.9. The molecule has 38 nitrogen and oxygen atoms in total. The molecule has 2 aromatic heterocycles. The van der Waals surface area contributed by atoms with Gasteiger partial charge in [-0.25, -0.2) is 4.98 Å². The standard InChI is InChI=1S/C73H116N20O18S/c1-43(2)31-55(71(109)84-52(65(76)103)20-30-112-6)87-72(110)57(33-49-36-77-42-81-49)83-59(95)37-80-73(111)64(44(3)4)89-66(104)45(5)82-70(108)56(32-48-35-78-51-12-8-7-11-50(48)51)88-69(107)54(18-19-58(75)94)86-68(106)53(13-9-10-21-74)85-67(105)47-16-14-46(15-17-47)34-79-60(96)38-90-22-24-91(39-61(97)98)26-28-93(41-63(101)102)29-27-92(25-23-90)40-62(99)100/h7-8,11-12,35-36,42-47,52-57,64,78H,9-10,13-34,37-41,74H2,1-6H3,(H2,75,94)(H2,76,103)(H,77,81)(H,79,96)(H,80,111)(H,82,108)(H,83,95)(H,84,109)(H,85,105)(H,86,106)(H,87,110)(H,88,107)(H,89,104)(H,97,98)(H,99,100)(H,101,102)/t45-,46?,47?,52-,53-,54-,55-,56-,57-,64-/m0/s1. The lowest BCUT2D eigenvalue weighted by Crippen LogP contribution is -2.60. The molecule has 0 radical (unpaired) electrons. The SMILES string of the molecule is CSCC[C@H](NC(=O)[C@H](CC(C)C)NC(=O)[C@H](Cc1cnc[nH]1)NC(=O)CNC(=O)[C@@H](NC(=O)[C@H](C)NC(=O)[C@H](Cc1c[nH]c2ccccc12)NC(=O)[C@H](CCC(N)=O)NC(=O)[C@H](CCCCN)NC(=O)C1CCC(CNC(=O)CN2CCN(CC(=O)O)CCN(CC(=O)O)CCN(CC(=O)O)CC2)CC1)C(C)C)C(N)=O. The van der Waals surface area contributed by atoms with Crippen LogP contribution in [0.15, 0.2) is 43.0 Å². The smallest absolute Gasteiger partial charge is 0.317 e. The number of rotatable bonds is 46. The van der Waals surface area contributed by atoms with Crippen LogP contribution in [0, 0.1) is 23.7 Å². The van der Waals surface area contributed by atoms with Crippen molar-refractivity contribution < 1.29 is 87.2 Å². The lowest BCUT2D eigenvalue weighted by Gasteiger charge is -2.33. The van der Waals surface area contributed by atoms with E-state index in [0.29, 0.717) is 66.4 Å². The number of primary amides is 2. The number of thioether (sulfide) groups is 1. The Hall–Kier alpha value is -9.83. The van der Waals surface area contributed by atoms with Crippen LogP contribution in [0.3, 0.4) is 0 Å². The average molecular weight is 1590 g/mol. The number of carboxylic acid groups (broad SMARTS) is 3. The minimum atomic E-state index is -1.52. The van der Waals surface area contributed by atoms with Crippen LogP contribution in [0.2, 0.25) is 0 Å². The van der Waals surface area contributed by atoms with E-state index in [1.165, 1.54) is 31.2 Å². The summed E-state index contributed by atoms with van der Waals surface area (Å²) in [6, 6.07) is -3.23. The molecule has 112 heavy (non-hydrogen) atoms. The number of carbonyl (C=O) groups is 15. The molecule has 2 aliphatic rings. The minimum Gasteiger partial charge on any atom is -0.480 e. The first-order chi connectivity index (χ1) is 53.2. The second kappa shape index (κ2) is 48.2. The maximum atomic E-state index is 14.7. The van der Waals surface area contributed by atoms with E-state index in [4.69, 9.17) is 17.2 Å². The number of para-hydroxylation sites is 1. The molecule has 622 valence electrons. The van der Waals surface area contributed by atoms with Gasteiger partial charge >= 0.3 is 17.9 Å². The molecule has 1 aliphatic heterocycles. The normalized spacial score (nSPS) is 17.7. The lowest BCUT2D eigenvalue weighted by atomic mass is 9.81. The number of hydrogen-bond acceptors (Lipinski definition) is 22. The number of fused-ring (bicyclic) bond motifs is 1. The molecule has 0 spiro atoms. The number of aromatic amines is 2. The van der Waals surface area contributed by atoms with Gasteiger partial charge in [0.15, 0.2) is 0 Å². The predicted molar refractivity (Wildman–Crippen MR) is 413 cm³/mol. The number of aromatic nitrogens is 3. The van der Waals surface area contributed by atoms with Gasteiger partial charge in [-0.1, -0.05) is 45.9 Å². The molecule has 21 N–H and O–H groups in total. The lowest BCUT2D eigenvalue weighted by molar-refractivity contribution is -0.140. The number of benzene rings is 1. The van der Waals surface area contributed by atoms with Crippen LogP contribution in [0.1, 0.15) is 117 Å². The van der Waals surface area contributed by atoms with Crippen molar-refractivity contribution in [2.24, 2.45) is 40.9 Å². The van der Waals surface area contributed by atoms with Crippen LogP contribution in [-0.2, 0) is 84.8 Å². The Kier molecular flexibility index (Phi) is 39.9. The number of nitrogens with zero attached hydrogens (tertiary/aromatic N) is 5. The van der Waals surface area contributed by atoms with E-state index in [0.717, 1.165) is 0 Å². The van der Waals surface area contributed by atoms with Gasteiger partial charge in [-0.3, -0.25) is 91.5 Å². The second-order valence-corrected chi connectivity index (χ2v) is 30.3. The number of amides is 12. The van der Waals surface area contributed by atoms with Crippen molar-refractivity contribution in [3.63, 3.8) is 0 Å². The first-order valence-electron chi connectivity index (χ1n) is 38.0. The molecule has 1 aromatic carbocycles. The largest absolute Gasteiger partial charge is 0.480 e. The molecular formula is C73H116N20O18S. The quantitative estimate of drug-likeness (QED) is 0.0243. The number of carbonyl (C=O) groups excluding carboxylic acids is 12. The Morgan fingerprint density at radius 3 is 1.62 bits per heavy atom. The molecule has 3 heterocycles. The Balaban J connectivity index is 1.23. The number of aliphatic carboxylic acids is 3. The molecule has 5 rings (SSSR count). The molecule has 0 bridgehead atoms. The van der Waals surface area contributed by atoms with Gasteiger partial charge in [0.25, 0.3) is 0 Å². The van der Waals surface area contributed by atoms with Crippen LogP contribution < -0.4 is 70.4 Å². The Bertz CT molecular complexity index is 3600. The van der Waals surface area contributed by atoms with Crippen LogP contribution >= 0.6 is 11.8 Å². The van der Waals surface area contributed by atoms with E-state index in [9.17, 15) is 87.2 Å². The van der Waals surface area contributed by atoms with Crippen LogP contribution in [0.25, 0.3) is 10.9 Å². The summed E-state index contributed by atoms with van der Waals surface area (Å²) in [5, 5.41) is 56.4. The Labute approximate surface area is 655 Å². The highest BCUT2D eigenvalue weighted by molar-refractivity contribution is 7.98. The zero-order valence-electron chi connectivity index (χ0n) is 64.8. The maximum Gasteiger partial charge on any atom is 0.317 e. The molecule has 1 saturated carbocycles. The third-order valence-electron chi connectivity index (χ3n) is 19.5. The summed E-state index contributed by atoms with van der Waals surface area (Å²) in [4.78, 5) is 217. The van der Waals surface area contributed by atoms with Crippen LogP contribution in [0.5, 0.6) is 0 Å². The summed E-state index contributed by atoms with van der Waals surface area (Å²) < 4.78 is 0. The van der Waals surface area contributed by atoms with Gasteiger partial charge in [-0.2, -0.15) is 11.8 Å². The number of H-pyrrole nitrogens is 2. The van der Waals surface area contributed by atoms with Gasteiger partial charge in [0.2, 0.25) is 70.9 Å². The van der Waals surface area contributed by atoms with E-state index >= 15 is 0 Å². The molecule has 0 unspecified atom stereocenters. The van der Waals surface area contributed by atoms with E-state index in [-0.39, 0.29) is 148 Å². The highest BCUT2D eigenvalue weighted by atomic mass is 32.2. The van der Waals surface area contributed by atoms with E-state index in [2.05, 4.69) is 68.1 Å². The minimum absolute atomic E-state index is 0.0304. The maximum absolute atomic E-state index is 14.7. The van der Waals surface area contributed by atoms with Gasteiger partial charge in [0, 0.05) is 113 Å². The van der Waals surface area contributed by atoms with Crippen LogP contribution in [0.4, 0.5) is 0 Å². The summed E-state index contributed by atoms with van der Waals surface area (Å²) in [6.45, 7) is 8.90. The van der Waals surface area contributed by atoms with Crippen LogP contribution in [-0.4, -0.2) is 297 Å². The fraction of sp³-hybridized carbons (Fsp3) is 0.644. The molecule has 1 aliphatic carbocycles. The Morgan fingerprint density at radius 1 is 0.554 bits per heavy atom.